The lowest BCUT2D eigenvalue weighted by atomic mass is 10.1. The number of carboxylic acid groups (broad SMARTS) is 1. The Morgan fingerprint density at radius 2 is 1.57 bits per heavy atom. The largest absolute Gasteiger partial charge is 0.479 e. The number of rotatable bonds is 8. The Labute approximate surface area is 165 Å². The Kier molecular flexibility index (Phi) is 6.37. The van der Waals surface area contributed by atoms with Gasteiger partial charge in [-0.15, -0.1) is 0 Å². The summed E-state index contributed by atoms with van der Waals surface area (Å²) in [6.07, 6.45) is 6.19. The van der Waals surface area contributed by atoms with E-state index in [1.54, 1.807) is 24.5 Å². The molecule has 3 aromatic rings. The lowest BCUT2D eigenvalue weighted by Gasteiger charge is -2.10. The first kappa shape index (κ1) is 19.5. The van der Waals surface area contributed by atoms with E-state index in [4.69, 9.17) is 9.84 Å². The van der Waals surface area contributed by atoms with Crippen LogP contribution in [0.25, 0.3) is 22.5 Å². The van der Waals surface area contributed by atoms with Crippen LogP contribution in [-0.4, -0.2) is 27.1 Å². The third kappa shape index (κ3) is 4.94. The molecule has 28 heavy (non-hydrogen) atoms. The molecule has 0 aliphatic carbocycles. The van der Waals surface area contributed by atoms with Crippen molar-refractivity contribution in [2.75, 3.05) is 0 Å². The van der Waals surface area contributed by atoms with Crippen molar-refractivity contribution < 1.29 is 14.6 Å². The molecule has 0 bridgehead atoms. The second-order valence-electron chi connectivity index (χ2n) is 6.72. The first-order chi connectivity index (χ1) is 13.6. The minimum absolute atomic E-state index is 0.513. The van der Waals surface area contributed by atoms with Gasteiger partial charge in [0.05, 0.1) is 0 Å². The number of carboxylic acids is 1. The van der Waals surface area contributed by atoms with E-state index >= 15 is 0 Å². The fraction of sp³-hybridized carbons (Fsp3) is 0.261. The first-order valence-electron chi connectivity index (χ1n) is 9.48. The van der Waals surface area contributed by atoms with Gasteiger partial charge in [0.1, 0.15) is 5.75 Å². The van der Waals surface area contributed by atoms with Crippen molar-refractivity contribution in [3.05, 3.63) is 66.5 Å². The predicted octanol–water partition coefficient (Wildman–Crippen LogP) is 5.01. The Hall–Kier alpha value is -3.21. The second kappa shape index (κ2) is 9.13. The van der Waals surface area contributed by atoms with Crippen LogP contribution in [0.5, 0.6) is 5.75 Å². The number of nitrogens with zero attached hydrogens (tertiary/aromatic N) is 2. The molecular weight excluding hydrogens is 352 g/mol. The zero-order valence-electron chi connectivity index (χ0n) is 16.1. The molecule has 1 heterocycles. The van der Waals surface area contributed by atoms with Crippen LogP contribution < -0.4 is 4.74 Å². The van der Waals surface area contributed by atoms with Gasteiger partial charge in [-0.1, -0.05) is 49.7 Å². The van der Waals surface area contributed by atoms with Crippen LogP contribution in [-0.2, 0) is 11.2 Å². The van der Waals surface area contributed by atoms with Gasteiger partial charge < -0.3 is 9.84 Å². The van der Waals surface area contributed by atoms with E-state index in [1.165, 1.54) is 25.3 Å². The maximum atomic E-state index is 10.9. The molecule has 5 nitrogen and oxygen atoms in total. The molecule has 0 radical (unpaired) electrons. The molecule has 144 valence electrons. The Morgan fingerprint density at radius 1 is 0.964 bits per heavy atom. The highest BCUT2D eigenvalue weighted by atomic mass is 16.5. The number of unbranched alkanes of at least 4 members (excludes halogenated alkanes) is 1. The summed E-state index contributed by atoms with van der Waals surface area (Å²) in [7, 11) is 0. The van der Waals surface area contributed by atoms with Gasteiger partial charge in [-0.3, -0.25) is 0 Å². The molecule has 0 aliphatic heterocycles. The quantitative estimate of drug-likeness (QED) is 0.598. The van der Waals surface area contributed by atoms with E-state index < -0.39 is 12.1 Å². The van der Waals surface area contributed by atoms with Crippen molar-refractivity contribution in [2.45, 2.75) is 39.2 Å². The third-order valence-corrected chi connectivity index (χ3v) is 4.53. The summed E-state index contributed by atoms with van der Waals surface area (Å²) in [4.78, 5) is 19.8. The lowest BCUT2D eigenvalue weighted by Crippen LogP contribution is -2.22. The molecule has 0 fully saturated rings. The smallest absolute Gasteiger partial charge is 0.344 e. The first-order valence-corrected chi connectivity index (χ1v) is 9.48. The number of aliphatic carboxylic acids is 1. The fourth-order valence-corrected chi connectivity index (χ4v) is 2.81. The molecule has 1 unspecified atom stereocenters. The van der Waals surface area contributed by atoms with Crippen molar-refractivity contribution in [1.29, 1.82) is 0 Å². The lowest BCUT2D eigenvalue weighted by molar-refractivity contribution is -0.144. The van der Waals surface area contributed by atoms with Gasteiger partial charge in [-0.2, -0.15) is 0 Å². The summed E-state index contributed by atoms with van der Waals surface area (Å²) >= 11 is 0. The molecule has 5 heteroatoms. The molecule has 2 aromatic carbocycles. The van der Waals surface area contributed by atoms with E-state index in [1.807, 2.05) is 12.1 Å². The summed E-state index contributed by atoms with van der Waals surface area (Å²) in [6, 6.07) is 15.6. The number of hydrogen-bond acceptors (Lipinski definition) is 4. The van der Waals surface area contributed by atoms with Crippen LogP contribution in [0.4, 0.5) is 0 Å². The highest BCUT2D eigenvalue weighted by molar-refractivity contribution is 5.72. The molecule has 1 N–H and O–H groups in total. The summed E-state index contributed by atoms with van der Waals surface area (Å²) in [5, 5.41) is 8.91. The molecule has 1 atom stereocenters. The minimum atomic E-state index is -0.994. The SMILES string of the molecule is CCCCc1ccc(-c2ncc(-c3ccc(OC(C)C(=O)O)cc3)cn2)cc1. The van der Waals surface area contributed by atoms with Crippen LogP contribution in [0.3, 0.4) is 0 Å². The third-order valence-electron chi connectivity index (χ3n) is 4.53. The van der Waals surface area contributed by atoms with E-state index in [0.717, 1.165) is 23.1 Å². The van der Waals surface area contributed by atoms with Crippen LogP contribution in [0.15, 0.2) is 60.9 Å². The van der Waals surface area contributed by atoms with Gasteiger partial charge in [0.25, 0.3) is 0 Å². The fourth-order valence-electron chi connectivity index (χ4n) is 2.81. The number of benzene rings is 2. The molecule has 0 amide bonds. The van der Waals surface area contributed by atoms with Gasteiger partial charge in [-0.05, 0) is 43.0 Å². The molecular formula is C23H24N2O3. The van der Waals surface area contributed by atoms with Gasteiger partial charge >= 0.3 is 5.97 Å². The molecule has 0 saturated heterocycles. The zero-order chi connectivity index (χ0) is 19.9. The van der Waals surface area contributed by atoms with Crippen molar-refractivity contribution in [3.8, 4) is 28.3 Å². The van der Waals surface area contributed by atoms with E-state index in [2.05, 4.69) is 41.2 Å². The van der Waals surface area contributed by atoms with Gasteiger partial charge in [0, 0.05) is 23.5 Å². The summed E-state index contributed by atoms with van der Waals surface area (Å²) in [5.74, 6) is 0.215. The summed E-state index contributed by atoms with van der Waals surface area (Å²) in [6.45, 7) is 3.69. The summed E-state index contributed by atoms with van der Waals surface area (Å²) < 4.78 is 5.35. The normalized spacial score (nSPS) is 11.8. The van der Waals surface area contributed by atoms with E-state index in [9.17, 15) is 4.79 Å². The Morgan fingerprint density at radius 3 is 2.14 bits per heavy atom. The maximum Gasteiger partial charge on any atom is 0.344 e. The van der Waals surface area contributed by atoms with E-state index in [-0.39, 0.29) is 0 Å². The molecule has 3 rings (SSSR count). The topological polar surface area (TPSA) is 72.3 Å². The predicted molar refractivity (Wildman–Crippen MR) is 109 cm³/mol. The summed E-state index contributed by atoms with van der Waals surface area (Å²) in [5.41, 5.74) is 4.16. The zero-order valence-corrected chi connectivity index (χ0v) is 16.1. The monoisotopic (exact) mass is 376 g/mol. The van der Waals surface area contributed by atoms with Crippen molar-refractivity contribution in [2.24, 2.45) is 0 Å². The van der Waals surface area contributed by atoms with Crippen molar-refractivity contribution in [1.82, 2.24) is 9.97 Å². The second-order valence-corrected chi connectivity index (χ2v) is 6.72. The average Bonchev–Trinajstić information content (AvgIpc) is 2.73. The number of ether oxygens (including phenoxy) is 1. The highest BCUT2D eigenvalue weighted by Gasteiger charge is 2.12. The van der Waals surface area contributed by atoms with Gasteiger partial charge in [-0.25, -0.2) is 14.8 Å². The minimum Gasteiger partial charge on any atom is -0.479 e. The number of aryl methyl sites for hydroxylation is 1. The maximum absolute atomic E-state index is 10.9. The Balaban J connectivity index is 1.69. The van der Waals surface area contributed by atoms with Crippen molar-refractivity contribution >= 4 is 5.97 Å². The van der Waals surface area contributed by atoms with E-state index in [0.29, 0.717) is 11.6 Å². The van der Waals surface area contributed by atoms with Gasteiger partial charge in [0.15, 0.2) is 11.9 Å². The number of aromatic nitrogens is 2. The molecule has 0 spiro atoms. The molecule has 0 saturated carbocycles. The number of hydrogen-bond donors (Lipinski definition) is 1. The number of carbonyl (C=O) groups is 1. The highest BCUT2D eigenvalue weighted by Crippen LogP contribution is 2.24. The van der Waals surface area contributed by atoms with Crippen LogP contribution in [0.1, 0.15) is 32.3 Å². The average molecular weight is 376 g/mol. The van der Waals surface area contributed by atoms with Crippen molar-refractivity contribution in [3.63, 3.8) is 0 Å². The van der Waals surface area contributed by atoms with Crippen LogP contribution >= 0.6 is 0 Å². The molecule has 0 aliphatic rings. The standard InChI is InChI=1S/C23H24N2O3/c1-3-4-5-17-6-8-19(9-7-17)22-24-14-20(15-25-22)18-10-12-21(13-11-18)28-16(2)23(26)27/h6-16H,3-5H2,1-2H3,(H,26,27). The molecule has 1 aromatic heterocycles. The van der Waals surface area contributed by atoms with Crippen LogP contribution in [0.2, 0.25) is 0 Å². The Bertz CT molecular complexity index is 904. The van der Waals surface area contributed by atoms with Crippen LogP contribution in [0, 0.1) is 0 Å². The van der Waals surface area contributed by atoms with Gasteiger partial charge in [0.2, 0.25) is 0 Å².